The average Bonchev–Trinajstić information content (AvgIpc) is 2.38. The minimum Gasteiger partial charge on any atom is -0.481 e. The summed E-state index contributed by atoms with van der Waals surface area (Å²) in [6.45, 7) is 1.81. The summed E-state index contributed by atoms with van der Waals surface area (Å²) >= 11 is 0. The summed E-state index contributed by atoms with van der Waals surface area (Å²) in [7, 11) is 3.51. The predicted octanol–water partition coefficient (Wildman–Crippen LogP) is 2.42. The summed E-state index contributed by atoms with van der Waals surface area (Å²) in [6, 6.07) is 6.16. The Hall–Kier alpha value is -1.51. The van der Waals surface area contributed by atoms with Crippen LogP contribution in [0, 0.1) is 0 Å². The summed E-state index contributed by atoms with van der Waals surface area (Å²) in [5.41, 5.74) is 2.67. The number of fused-ring (bicyclic) bond motifs is 1. The van der Waals surface area contributed by atoms with Gasteiger partial charge >= 0.3 is 0 Å². The van der Waals surface area contributed by atoms with E-state index in [1.807, 2.05) is 19.1 Å². The third kappa shape index (κ3) is 2.66. The SMILES string of the molecule is C[C@H](Oc1cccc2c1CCCC2)C(=O)N(C)C. The second-order valence-electron chi connectivity index (χ2n) is 5.09. The van der Waals surface area contributed by atoms with Gasteiger partial charge in [-0.2, -0.15) is 0 Å². The maximum Gasteiger partial charge on any atom is 0.262 e. The van der Waals surface area contributed by atoms with Gasteiger partial charge in [0.15, 0.2) is 6.10 Å². The third-order valence-electron chi connectivity index (χ3n) is 3.45. The highest BCUT2D eigenvalue weighted by molar-refractivity contribution is 5.80. The van der Waals surface area contributed by atoms with Gasteiger partial charge in [0.1, 0.15) is 5.75 Å². The lowest BCUT2D eigenvalue weighted by atomic mass is 9.91. The number of ether oxygens (including phenoxy) is 1. The molecule has 0 N–H and O–H groups in total. The number of nitrogens with zero attached hydrogens (tertiary/aromatic N) is 1. The Bertz CT molecular complexity index is 440. The van der Waals surface area contributed by atoms with E-state index < -0.39 is 6.10 Å². The lowest BCUT2D eigenvalue weighted by Gasteiger charge is -2.23. The number of aryl methyl sites for hydroxylation is 1. The van der Waals surface area contributed by atoms with Gasteiger partial charge in [0, 0.05) is 14.1 Å². The van der Waals surface area contributed by atoms with E-state index >= 15 is 0 Å². The molecule has 3 heteroatoms. The number of hydrogen-bond donors (Lipinski definition) is 0. The van der Waals surface area contributed by atoms with Crippen LogP contribution in [-0.4, -0.2) is 31.0 Å². The standard InChI is InChI=1S/C15H21NO2/c1-11(15(17)16(2)3)18-14-10-6-8-12-7-4-5-9-13(12)14/h6,8,10-11H,4-5,7,9H2,1-3H3/t11-/m0/s1. The third-order valence-corrected chi connectivity index (χ3v) is 3.45. The Morgan fingerprint density at radius 1 is 1.28 bits per heavy atom. The van der Waals surface area contributed by atoms with E-state index in [-0.39, 0.29) is 5.91 Å². The van der Waals surface area contributed by atoms with Gasteiger partial charge in [0.25, 0.3) is 5.91 Å². The first-order chi connectivity index (χ1) is 8.59. The van der Waals surface area contributed by atoms with Crippen LogP contribution in [0.25, 0.3) is 0 Å². The first kappa shape index (κ1) is 12.9. The summed E-state index contributed by atoms with van der Waals surface area (Å²) in [4.78, 5) is 13.4. The highest BCUT2D eigenvalue weighted by Crippen LogP contribution is 2.30. The number of carbonyl (C=O) groups excluding carboxylic acids is 1. The van der Waals surface area contributed by atoms with Crippen molar-refractivity contribution in [1.29, 1.82) is 0 Å². The van der Waals surface area contributed by atoms with E-state index in [1.54, 1.807) is 19.0 Å². The number of hydrogen-bond acceptors (Lipinski definition) is 2. The fraction of sp³-hybridized carbons (Fsp3) is 0.533. The zero-order valence-electron chi connectivity index (χ0n) is 11.4. The fourth-order valence-electron chi connectivity index (χ4n) is 2.46. The Morgan fingerprint density at radius 2 is 2.00 bits per heavy atom. The lowest BCUT2D eigenvalue weighted by molar-refractivity contribution is -0.135. The lowest BCUT2D eigenvalue weighted by Crippen LogP contribution is -2.35. The first-order valence-electron chi connectivity index (χ1n) is 6.58. The minimum atomic E-state index is -0.423. The van der Waals surface area contributed by atoms with Crippen molar-refractivity contribution in [3.8, 4) is 5.75 Å². The van der Waals surface area contributed by atoms with Crippen molar-refractivity contribution in [3.05, 3.63) is 29.3 Å². The number of likely N-dealkylation sites (N-methyl/N-ethyl adjacent to an activating group) is 1. The topological polar surface area (TPSA) is 29.5 Å². The van der Waals surface area contributed by atoms with E-state index in [2.05, 4.69) is 6.07 Å². The van der Waals surface area contributed by atoms with Crippen molar-refractivity contribution in [3.63, 3.8) is 0 Å². The number of carbonyl (C=O) groups is 1. The quantitative estimate of drug-likeness (QED) is 0.821. The largest absolute Gasteiger partial charge is 0.481 e. The van der Waals surface area contributed by atoms with Gasteiger partial charge < -0.3 is 9.64 Å². The molecular formula is C15H21NO2. The maximum atomic E-state index is 11.8. The molecule has 18 heavy (non-hydrogen) atoms. The van der Waals surface area contributed by atoms with Crippen molar-refractivity contribution in [2.24, 2.45) is 0 Å². The van der Waals surface area contributed by atoms with Gasteiger partial charge in [-0.3, -0.25) is 4.79 Å². The van der Waals surface area contributed by atoms with Crippen LogP contribution in [0.2, 0.25) is 0 Å². The molecule has 1 aromatic carbocycles. The van der Waals surface area contributed by atoms with Gasteiger partial charge in [-0.1, -0.05) is 12.1 Å². The van der Waals surface area contributed by atoms with E-state index in [0.717, 1.165) is 18.6 Å². The molecule has 98 valence electrons. The van der Waals surface area contributed by atoms with Crippen molar-refractivity contribution >= 4 is 5.91 Å². The summed E-state index contributed by atoms with van der Waals surface area (Å²) < 4.78 is 5.84. The number of rotatable bonds is 3. The zero-order valence-corrected chi connectivity index (χ0v) is 11.4. The summed E-state index contributed by atoms with van der Waals surface area (Å²) in [6.07, 6.45) is 4.23. The molecule has 0 bridgehead atoms. The first-order valence-corrected chi connectivity index (χ1v) is 6.58. The Labute approximate surface area is 109 Å². The zero-order chi connectivity index (χ0) is 13.1. The molecule has 0 spiro atoms. The normalized spacial score (nSPS) is 15.7. The van der Waals surface area contributed by atoms with Crippen molar-refractivity contribution < 1.29 is 9.53 Å². The van der Waals surface area contributed by atoms with Gasteiger partial charge in [-0.05, 0) is 49.8 Å². The van der Waals surface area contributed by atoms with Crippen LogP contribution < -0.4 is 4.74 Å². The van der Waals surface area contributed by atoms with E-state index in [0.29, 0.717) is 0 Å². The Morgan fingerprint density at radius 3 is 2.72 bits per heavy atom. The predicted molar refractivity (Wildman–Crippen MR) is 71.9 cm³/mol. The molecular weight excluding hydrogens is 226 g/mol. The maximum absolute atomic E-state index is 11.8. The molecule has 0 saturated carbocycles. The van der Waals surface area contributed by atoms with Crippen LogP contribution in [0.15, 0.2) is 18.2 Å². The molecule has 1 atom stereocenters. The molecule has 2 rings (SSSR count). The molecule has 1 amide bonds. The van der Waals surface area contributed by atoms with Crippen molar-refractivity contribution in [1.82, 2.24) is 4.90 Å². The van der Waals surface area contributed by atoms with Gasteiger partial charge in [-0.25, -0.2) is 0 Å². The van der Waals surface area contributed by atoms with Crippen molar-refractivity contribution in [2.75, 3.05) is 14.1 Å². The molecule has 0 aliphatic heterocycles. The van der Waals surface area contributed by atoms with Crippen LogP contribution in [-0.2, 0) is 17.6 Å². The molecule has 1 aliphatic rings. The van der Waals surface area contributed by atoms with E-state index in [9.17, 15) is 4.79 Å². The fourth-order valence-corrected chi connectivity index (χ4v) is 2.46. The van der Waals surface area contributed by atoms with Crippen LogP contribution in [0.1, 0.15) is 30.9 Å². The van der Waals surface area contributed by atoms with Gasteiger partial charge in [-0.15, -0.1) is 0 Å². The van der Waals surface area contributed by atoms with Crippen molar-refractivity contribution in [2.45, 2.75) is 38.7 Å². The van der Waals surface area contributed by atoms with Crippen LogP contribution in [0.3, 0.4) is 0 Å². The smallest absolute Gasteiger partial charge is 0.262 e. The van der Waals surface area contributed by atoms with Gasteiger partial charge in [0.2, 0.25) is 0 Å². The van der Waals surface area contributed by atoms with Crippen LogP contribution >= 0.6 is 0 Å². The van der Waals surface area contributed by atoms with Gasteiger partial charge in [0.05, 0.1) is 0 Å². The molecule has 0 saturated heterocycles. The average molecular weight is 247 g/mol. The Balaban J connectivity index is 2.17. The Kier molecular flexibility index (Phi) is 3.90. The molecule has 1 aliphatic carbocycles. The molecule has 0 fully saturated rings. The van der Waals surface area contributed by atoms with Crippen LogP contribution in [0.5, 0.6) is 5.75 Å². The molecule has 0 aromatic heterocycles. The molecule has 0 heterocycles. The molecule has 1 aromatic rings. The molecule has 0 unspecified atom stereocenters. The van der Waals surface area contributed by atoms with E-state index in [4.69, 9.17) is 4.74 Å². The van der Waals surface area contributed by atoms with E-state index in [1.165, 1.54) is 24.0 Å². The molecule has 0 radical (unpaired) electrons. The highest BCUT2D eigenvalue weighted by atomic mass is 16.5. The van der Waals surface area contributed by atoms with Crippen LogP contribution in [0.4, 0.5) is 0 Å². The summed E-state index contributed by atoms with van der Waals surface area (Å²) in [5, 5.41) is 0. The number of amides is 1. The minimum absolute atomic E-state index is 0.00316. The number of benzene rings is 1. The summed E-state index contributed by atoms with van der Waals surface area (Å²) in [5.74, 6) is 0.887. The molecule has 3 nitrogen and oxygen atoms in total. The second kappa shape index (κ2) is 5.42. The monoisotopic (exact) mass is 247 g/mol. The highest BCUT2D eigenvalue weighted by Gasteiger charge is 2.20. The second-order valence-corrected chi connectivity index (χ2v) is 5.09.